The van der Waals surface area contributed by atoms with Crippen molar-refractivity contribution in [2.45, 2.75) is 38.6 Å². The van der Waals surface area contributed by atoms with Crippen LogP contribution in [-0.2, 0) is 4.74 Å². The van der Waals surface area contributed by atoms with Gasteiger partial charge in [0.15, 0.2) is 5.78 Å². The first-order chi connectivity index (χ1) is 10.2. The minimum absolute atomic E-state index is 0.0649. The highest BCUT2D eigenvalue weighted by Crippen LogP contribution is 2.32. The highest BCUT2D eigenvalue weighted by molar-refractivity contribution is 6.08. The quantitative estimate of drug-likeness (QED) is 0.608. The summed E-state index contributed by atoms with van der Waals surface area (Å²) < 4.78 is 5.33. The second kappa shape index (κ2) is 7.07. The van der Waals surface area contributed by atoms with Crippen LogP contribution in [0, 0.1) is 0 Å². The smallest absolute Gasteiger partial charge is 0.414 e. The van der Waals surface area contributed by atoms with Gasteiger partial charge in [0.2, 0.25) is 0 Å². The van der Waals surface area contributed by atoms with Crippen LogP contribution in [0.4, 0.5) is 10.5 Å². The van der Waals surface area contributed by atoms with E-state index in [4.69, 9.17) is 4.74 Å². The van der Waals surface area contributed by atoms with Crippen LogP contribution < -0.4 is 4.90 Å². The molecule has 0 radical (unpaired) electrons. The van der Waals surface area contributed by atoms with Gasteiger partial charge in [0.25, 0.3) is 0 Å². The topological polar surface area (TPSA) is 46.6 Å². The highest BCUT2D eigenvalue weighted by atomic mass is 16.6. The Morgan fingerprint density at radius 3 is 2.95 bits per heavy atom. The van der Waals surface area contributed by atoms with Crippen molar-refractivity contribution < 1.29 is 14.3 Å². The summed E-state index contributed by atoms with van der Waals surface area (Å²) in [7, 11) is 0. The molecule has 0 N–H and O–H groups in total. The van der Waals surface area contributed by atoms with Crippen molar-refractivity contribution in [2.24, 2.45) is 0 Å². The van der Waals surface area contributed by atoms with Crippen LogP contribution in [0.1, 0.15) is 43.0 Å². The van der Waals surface area contributed by atoms with E-state index in [0.29, 0.717) is 30.7 Å². The Morgan fingerprint density at radius 1 is 1.48 bits per heavy atom. The van der Waals surface area contributed by atoms with Gasteiger partial charge in [-0.3, -0.25) is 9.69 Å². The molecular weight excluding hydrogens is 266 g/mol. The summed E-state index contributed by atoms with van der Waals surface area (Å²) in [5.41, 5.74) is 1.23. The van der Waals surface area contributed by atoms with E-state index in [2.05, 4.69) is 6.58 Å². The van der Waals surface area contributed by atoms with Gasteiger partial charge in [-0.1, -0.05) is 31.6 Å². The van der Waals surface area contributed by atoms with Gasteiger partial charge in [-0.25, -0.2) is 4.79 Å². The largest absolute Gasteiger partial charge is 0.449 e. The Morgan fingerprint density at radius 2 is 2.24 bits per heavy atom. The first kappa shape index (κ1) is 15.3. The molecule has 1 aromatic rings. The number of ether oxygens (including phenoxy) is 1. The number of rotatable bonds is 5. The van der Waals surface area contributed by atoms with Crippen LogP contribution in [0.15, 0.2) is 36.9 Å². The van der Waals surface area contributed by atoms with Crippen LogP contribution in [0.25, 0.3) is 0 Å². The van der Waals surface area contributed by atoms with E-state index in [1.807, 2.05) is 19.1 Å². The van der Waals surface area contributed by atoms with Crippen LogP contribution >= 0.6 is 0 Å². The number of carbonyl (C=O) groups excluding carboxylic acids is 2. The molecule has 0 spiro atoms. The molecule has 21 heavy (non-hydrogen) atoms. The molecule has 1 aliphatic rings. The number of unbranched alkanes of at least 4 members (excludes halogenated alkanes) is 1. The number of nitrogens with zero attached hydrogens (tertiary/aromatic N) is 1. The fourth-order valence-corrected chi connectivity index (χ4v) is 2.53. The maximum Gasteiger partial charge on any atom is 0.414 e. The zero-order chi connectivity index (χ0) is 15.2. The molecule has 0 fully saturated rings. The predicted molar refractivity (Wildman–Crippen MR) is 82.7 cm³/mol. The Kier molecular flexibility index (Phi) is 5.14. The average molecular weight is 287 g/mol. The van der Waals surface area contributed by atoms with Crippen molar-refractivity contribution >= 4 is 17.6 Å². The summed E-state index contributed by atoms with van der Waals surface area (Å²) >= 11 is 0. The third kappa shape index (κ3) is 3.32. The lowest BCUT2D eigenvalue weighted by molar-refractivity contribution is 0.0962. The molecule has 0 saturated carbocycles. The SMILES string of the molecule is C=CCC1CC(=O)c2ccccc2N1C(=O)OCCCC. The molecule has 1 aliphatic heterocycles. The molecule has 1 unspecified atom stereocenters. The van der Waals surface area contributed by atoms with Crippen molar-refractivity contribution in [1.29, 1.82) is 0 Å². The lowest BCUT2D eigenvalue weighted by Crippen LogP contribution is -2.45. The van der Waals surface area contributed by atoms with Crippen molar-refractivity contribution in [3.05, 3.63) is 42.5 Å². The standard InChI is InChI=1S/C17H21NO3/c1-3-5-11-21-17(20)18-13(8-4-2)12-16(19)14-9-6-7-10-15(14)18/h4,6-7,9-10,13H,2-3,5,8,11-12H2,1H3. The Hall–Kier alpha value is -2.10. The van der Waals surface area contributed by atoms with Gasteiger partial charge in [-0.15, -0.1) is 6.58 Å². The molecule has 1 amide bonds. The molecule has 1 aromatic carbocycles. The molecule has 1 atom stereocenters. The minimum Gasteiger partial charge on any atom is -0.449 e. The normalized spacial score (nSPS) is 17.3. The first-order valence-electron chi connectivity index (χ1n) is 7.38. The maximum atomic E-state index is 12.4. The Labute approximate surface area is 125 Å². The van der Waals surface area contributed by atoms with Crippen molar-refractivity contribution in [1.82, 2.24) is 0 Å². The third-order valence-corrected chi connectivity index (χ3v) is 3.61. The van der Waals surface area contributed by atoms with E-state index >= 15 is 0 Å². The fraction of sp³-hybridized carbons (Fsp3) is 0.412. The monoisotopic (exact) mass is 287 g/mol. The molecule has 2 rings (SSSR count). The number of benzene rings is 1. The number of hydrogen-bond acceptors (Lipinski definition) is 3. The lowest BCUT2D eigenvalue weighted by atomic mass is 9.93. The molecular formula is C17H21NO3. The van der Waals surface area contributed by atoms with E-state index in [1.54, 1.807) is 23.1 Å². The van der Waals surface area contributed by atoms with Gasteiger partial charge >= 0.3 is 6.09 Å². The maximum absolute atomic E-state index is 12.4. The summed E-state index contributed by atoms with van der Waals surface area (Å²) in [5.74, 6) is 0.0649. The summed E-state index contributed by atoms with van der Waals surface area (Å²) in [4.78, 5) is 26.2. The number of anilines is 1. The molecule has 0 bridgehead atoms. The van der Waals surface area contributed by atoms with Gasteiger partial charge < -0.3 is 4.74 Å². The van der Waals surface area contributed by atoms with Crippen molar-refractivity contribution in [3.63, 3.8) is 0 Å². The number of Topliss-reactive ketones (excluding diaryl/α,β-unsaturated/α-hetero) is 1. The average Bonchev–Trinajstić information content (AvgIpc) is 2.48. The van der Waals surface area contributed by atoms with Crippen molar-refractivity contribution in [3.8, 4) is 0 Å². The molecule has 0 aliphatic carbocycles. The lowest BCUT2D eigenvalue weighted by Gasteiger charge is -2.35. The van der Waals surface area contributed by atoms with Crippen molar-refractivity contribution in [2.75, 3.05) is 11.5 Å². The van der Waals surface area contributed by atoms with Crippen LogP contribution in [0.5, 0.6) is 0 Å². The Balaban J connectivity index is 2.28. The molecule has 4 nitrogen and oxygen atoms in total. The van der Waals surface area contributed by atoms with E-state index < -0.39 is 0 Å². The van der Waals surface area contributed by atoms with Gasteiger partial charge in [-0.05, 0) is 25.0 Å². The second-order valence-corrected chi connectivity index (χ2v) is 5.16. The zero-order valence-electron chi connectivity index (χ0n) is 12.4. The molecule has 0 saturated heterocycles. The summed E-state index contributed by atoms with van der Waals surface area (Å²) in [6, 6.07) is 6.98. The first-order valence-corrected chi connectivity index (χ1v) is 7.38. The van der Waals surface area contributed by atoms with E-state index in [0.717, 1.165) is 12.8 Å². The third-order valence-electron chi connectivity index (χ3n) is 3.61. The van der Waals surface area contributed by atoms with E-state index in [-0.39, 0.29) is 17.9 Å². The molecule has 0 aromatic heterocycles. The van der Waals surface area contributed by atoms with E-state index in [1.165, 1.54) is 0 Å². The van der Waals surface area contributed by atoms with Crippen LogP contribution in [-0.4, -0.2) is 24.5 Å². The van der Waals surface area contributed by atoms with Gasteiger partial charge in [0, 0.05) is 12.0 Å². The summed E-state index contributed by atoms with van der Waals surface area (Å²) in [5, 5.41) is 0. The van der Waals surface area contributed by atoms with Gasteiger partial charge in [0.05, 0.1) is 18.3 Å². The Bertz CT molecular complexity index is 539. The van der Waals surface area contributed by atoms with E-state index in [9.17, 15) is 9.59 Å². The number of hydrogen-bond donors (Lipinski definition) is 0. The number of para-hydroxylation sites is 1. The second-order valence-electron chi connectivity index (χ2n) is 5.16. The van der Waals surface area contributed by atoms with Crippen LogP contribution in [0.3, 0.4) is 0 Å². The fourth-order valence-electron chi connectivity index (χ4n) is 2.53. The molecule has 112 valence electrons. The molecule has 4 heteroatoms. The summed E-state index contributed by atoms with van der Waals surface area (Å²) in [6.07, 6.45) is 4.05. The van der Waals surface area contributed by atoms with Gasteiger partial charge in [0.1, 0.15) is 0 Å². The summed E-state index contributed by atoms with van der Waals surface area (Å²) in [6.45, 7) is 6.17. The van der Waals surface area contributed by atoms with Crippen LogP contribution in [0.2, 0.25) is 0 Å². The highest BCUT2D eigenvalue weighted by Gasteiger charge is 2.35. The number of fused-ring (bicyclic) bond motifs is 1. The number of amides is 1. The number of ketones is 1. The number of carbonyl (C=O) groups is 2. The molecule has 1 heterocycles. The predicted octanol–water partition coefficient (Wildman–Crippen LogP) is 3.96. The zero-order valence-corrected chi connectivity index (χ0v) is 12.4. The minimum atomic E-state index is -0.379. The van der Waals surface area contributed by atoms with Gasteiger partial charge in [-0.2, -0.15) is 0 Å².